The number of unbranched alkanes of at least 4 members (excludes halogenated alkanes) is 1. The lowest BCUT2D eigenvalue weighted by Crippen LogP contribution is -2.10. The van der Waals surface area contributed by atoms with Crippen LogP contribution >= 0.6 is 23.1 Å². The second kappa shape index (κ2) is 6.62. The minimum absolute atomic E-state index is 0.298. The van der Waals surface area contributed by atoms with E-state index in [2.05, 4.69) is 15.4 Å². The fourth-order valence-corrected chi connectivity index (χ4v) is 2.84. The van der Waals surface area contributed by atoms with Crippen molar-refractivity contribution in [2.24, 2.45) is 10.9 Å². The Hall–Kier alpha value is -0.820. The van der Waals surface area contributed by atoms with Gasteiger partial charge in [-0.2, -0.15) is 0 Å². The van der Waals surface area contributed by atoms with Gasteiger partial charge in [-0.1, -0.05) is 28.3 Å². The molecule has 0 bridgehead atoms. The second-order valence-electron chi connectivity index (χ2n) is 2.98. The summed E-state index contributed by atoms with van der Waals surface area (Å²) in [6.45, 7) is 1.94. The Morgan fingerprint density at radius 1 is 1.53 bits per heavy atom. The molecule has 0 saturated heterocycles. The summed E-state index contributed by atoms with van der Waals surface area (Å²) in [6.07, 6.45) is 2.60. The van der Waals surface area contributed by atoms with Gasteiger partial charge in [0.05, 0.1) is 0 Å². The first-order chi connectivity index (χ1) is 7.22. The maximum absolute atomic E-state index is 8.31. The van der Waals surface area contributed by atoms with Crippen LogP contribution in [0.25, 0.3) is 0 Å². The van der Waals surface area contributed by atoms with E-state index in [4.69, 9.17) is 10.9 Å². The Bertz CT molecular complexity index is 326. The molecule has 0 spiro atoms. The van der Waals surface area contributed by atoms with Crippen molar-refractivity contribution in [1.82, 2.24) is 10.2 Å². The Labute approximate surface area is 96.8 Å². The fraction of sp³-hybridized carbons (Fsp3) is 0.625. The third-order valence-electron chi connectivity index (χ3n) is 1.69. The summed E-state index contributed by atoms with van der Waals surface area (Å²) in [5.74, 6) is 1.29. The summed E-state index contributed by atoms with van der Waals surface area (Å²) in [5, 5.41) is 20.2. The van der Waals surface area contributed by atoms with Crippen molar-refractivity contribution in [2.45, 2.75) is 30.5 Å². The first-order valence-electron chi connectivity index (χ1n) is 4.61. The molecular weight excluding hydrogens is 232 g/mol. The van der Waals surface area contributed by atoms with E-state index in [9.17, 15) is 0 Å². The summed E-state index contributed by atoms with van der Waals surface area (Å²) >= 11 is 3.31. The van der Waals surface area contributed by atoms with Crippen LogP contribution in [0, 0.1) is 6.92 Å². The molecule has 3 N–H and O–H groups in total. The Morgan fingerprint density at radius 3 is 2.93 bits per heavy atom. The molecule has 0 aromatic carbocycles. The Morgan fingerprint density at radius 2 is 2.33 bits per heavy atom. The smallest absolute Gasteiger partial charge is 0.174 e. The Balaban J connectivity index is 2.07. The number of thioether (sulfide) groups is 1. The van der Waals surface area contributed by atoms with Crippen molar-refractivity contribution < 1.29 is 5.21 Å². The largest absolute Gasteiger partial charge is 0.409 e. The van der Waals surface area contributed by atoms with E-state index in [1.165, 1.54) is 0 Å². The van der Waals surface area contributed by atoms with Crippen molar-refractivity contribution in [3.8, 4) is 0 Å². The van der Waals surface area contributed by atoms with E-state index >= 15 is 0 Å². The first-order valence-corrected chi connectivity index (χ1v) is 6.42. The minimum Gasteiger partial charge on any atom is -0.409 e. The maximum atomic E-state index is 8.31. The summed E-state index contributed by atoms with van der Waals surface area (Å²) in [5.41, 5.74) is 5.34. The lowest BCUT2D eigenvalue weighted by atomic mass is 10.2. The summed E-state index contributed by atoms with van der Waals surface area (Å²) in [6, 6.07) is 0. The lowest BCUT2D eigenvalue weighted by Gasteiger charge is -1.97. The van der Waals surface area contributed by atoms with Crippen LogP contribution in [0.5, 0.6) is 0 Å². The number of nitrogens with two attached hydrogens (primary N) is 1. The van der Waals surface area contributed by atoms with E-state index in [1.807, 2.05) is 6.92 Å². The van der Waals surface area contributed by atoms with Gasteiger partial charge in [0.2, 0.25) is 0 Å². The number of oxime groups is 1. The van der Waals surface area contributed by atoms with Gasteiger partial charge in [-0.15, -0.1) is 10.2 Å². The molecule has 0 aliphatic heterocycles. The molecule has 0 atom stereocenters. The molecule has 0 aliphatic rings. The van der Waals surface area contributed by atoms with Crippen LogP contribution in [-0.2, 0) is 0 Å². The number of rotatable bonds is 6. The van der Waals surface area contributed by atoms with Crippen molar-refractivity contribution in [3.63, 3.8) is 0 Å². The number of aromatic nitrogens is 2. The second-order valence-corrected chi connectivity index (χ2v) is 5.51. The molecule has 0 amide bonds. The average Bonchev–Trinajstić information content (AvgIpc) is 2.63. The van der Waals surface area contributed by atoms with Crippen LogP contribution in [0.15, 0.2) is 9.50 Å². The monoisotopic (exact) mass is 246 g/mol. The molecule has 5 nitrogen and oxygen atoms in total. The van der Waals surface area contributed by atoms with Crippen molar-refractivity contribution in [1.29, 1.82) is 0 Å². The van der Waals surface area contributed by atoms with E-state index < -0.39 is 0 Å². The molecule has 15 heavy (non-hydrogen) atoms. The van der Waals surface area contributed by atoms with Gasteiger partial charge in [0, 0.05) is 12.2 Å². The van der Waals surface area contributed by atoms with Crippen LogP contribution in [0.2, 0.25) is 0 Å². The Kier molecular flexibility index (Phi) is 5.41. The van der Waals surface area contributed by atoms with E-state index in [0.717, 1.165) is 27.9 Å². The van der Waals surface area contributed by atoms with Gasteiger partial charge in [-0.05, 0) is 19.8 Å². The third-order valence-corrected chi connectivity index (χ3v) is 3.75. The van der Waals surface area contributed by atoms with Crippen LogP contribution in [-0.4, -0.2) is 27.0 Å². The van der Waals surface area contributed by atoms with Gasteiger partial charge in [0.1, 0.15) is 10.8 Å². The molecule has 0 unspecified atom stereocenters. The summed E-state index contributed by atoms with van der Waals surface area (Å²) < 4.78 is 1.01. The average molecular weight is 246 g/mol. The standard InChI is InChI=1S/C8H14N4OS2/c1-6-10-11-8(15-6)14-5-3-2-4-7(9)12-13/h13H,2-5H2,1H3,(H2,9,12). The SMILES string of the molecule is Cc1nnc(SCCCC/C(N)=N/O)s1. The predicted octanol–water partition coefficient (Wildman–Crippen LogP) is 1.86. The molecule has 1 rings (SSSR count). The highest BCUT2D eigenvalue weighted by atomic mass is 32.2. The van der Waals surface area contributed by atoms with Crippen molar-refractivity contribution in [3.05, 3.63) is 5.01 Å². The molecule has 0 saturated carbocycles. The van der Waals surface area contributed by atoms with Crippen LogP contribution in [0.3, 0.4) is 0 Å². The van der Waals surface area contributed by atoms with E-state index in [0.29, 0.717) is 12.3 Å². The van der Waals surface area contributed by atoms with Gasteiger partial charge in [0.15, 0.2) is 4.34 Å². The zero-order valence-corrected chi connectivity index (χ0v) is 10.1. The molecule has 1 heterocycles. The van der Waals surface area contributed by atoms with Gasteiger partial charge in [-0.25, -0.2) is 0 Å². The van der Waals surface area contributed by atoms with Crippen molar-refractivity contribution in [2.75, 3.05) is 5.75 Å². The maximum Gasteiger partial charge on any atom is 0.174 e. The summed E-state index contributed by atoms with van der Waals surface area (Å²) in [4.78, 5) is 0. The van der Waals surface area contributed by atoms with E-state index in [1.54, 1.807) is 23.1 Å². The number of hydrogen-bond acceptors (Lipinski definition) is 6. The highest BCUT2D eigenvalue weighted by Crippen LogP contribution is 2.22. The first kappa shape index (κ1) is 12.3. The van der Waals surface area contributed by atoms with Crippen LogP contribution in [0.1, 0.15) is 24.3 Å². The van der Waals surface area contributed by atoms with E-state index in [-0.39, 0.29) is 0 Å². The molecule has 84 valence electrons. The number of amidine groups is 1. The van der Waals surface area contributed by atoms with Crippen LogP contribution in [0.4, 0.5) is 0 Å². The summed E-state index contributed by atoms with van der Waals surface area (Å²) in [7, 11) is 0. The van der Waals surface area contributed by atoms with Gasteiger partial charge >= 0.3 is 0 Å². The molecular formula is C8H14N4OS2. The molecule has 0 fully saturated rings. The number of nitrogens with zero attached hydrogens (tertiary/aromatic N) is 3. The van der Waals surface area contributed by atoms with Gasteiger partial charge in [-0.3, -0.25) is 0 Å². The van der Waals surface area contributed by atoms with Crippen LogP contribution < -0.4 is 5.73 Å². The zero-order chi connectivity index (χ0) is 11.1. The fourth-order valence-electron chi connectivity index (χ4n) is 0.954. The van der Waals surface area contributed by atoms with Gasteiger partial charge in [0.25, 0.3) is 0 Å². The third kappa shape index (κ3) is 4.98. The normalized spacial score (nSPS) is 11.9. The predicted molar refractivity (Wildman–Crippen MR) is 62.6 cm³/mol. The zero-order valence-electron chi connectivity index (χ0n) is 8.51. The molecule has 1 aromatic rings. The quantitative estimate of drug-likeness (QED) is 0.200. The molecule has 0 aliphatic carbocycles. The number of hydrogen-bond donors (Lipinski definition) is 2. The molecule has 1 aromatic heterocycles. The highest BCUT2D eigenvalue weighted by molar-refractivity contribution is 8.01. The van der Waals surface area contributed by atoms with Gasteiger partial charge < -0.3 is 10.9 Å². The highest BCUT2D eigenvalue weighted by Gasteiger charge is 2.00. The molecule has 0 radical (unpaired) electrons. The topological polar surface area (TPSA) is 84.4 Å². The lowest BCUT2D eigenvalue weighted by molar-refractivity contribution is 0.316. The number of aryl methyl sites for hydroxylation is 1. The minimum atomic E-state index is 0.298. The van der Waals surface area contributed by atoms with Crippen molar-refractivity contribution >= 4 is 28.9 Å². The molecule has 7 heteroatoms.